The van der Waals surface area contributed by atoms with Crippen molar-refractivity contribution in [2.75, 3.05) is 13.2 Å². The number of hydrogen-bond donors (Lipinski definition) is 1. The summed E-state index contributed by atoms with van der Waals surface area (Å²) in [6.45, 7) is 4.43. The number of carbonyl (C=O) groups is 2. The first-order chi connectivity index (χ1) is 15.8. The van der Waals surface area contributed by atoms with Gasteiger partial charge in [-0.2, -0.15) is 0 Å². The Labute approximate surface area is 195 Å². The van der Waals surface area contributed by atoms with Gasteiger partial charge in [0.1, 0.15) is 11.3 Å². The van der Waals surface area contributed by atoms with Gasteiger partial charge in [-0.1, -0.05) is 36.3 Å². The Morgan fingerprint density at radius 2 is 1.76 bits per heavy atom. The monoisotopic (exact) mass is 489 g/mol. The van der Waals surface area contributed by atoms with Gasteiger partial charge in [0, 0.05) is 12.1 Å². The largest absolute Gasteiger partial charge is 0.462 e. The van der Waals surface area contributed by atoms with Gasteiger partial charge in [0.2, 0.25) is 14.2 Å². The maximum Gasteiger partial charge on any atom is 0.341 e. The van der Waals surface area contributed by atoms with Crippen LogP contribution in [0.25, 0.3) is 0 Å². The number of sulfone groups is 1. The number of amides is 1. The normalized spacial score (nSPS) is 11.1. The lowest BCUT2D eigenvalue weighted by molar-refractivity contribution is 0.0523. The molecule has 0 aliphatic rings. The average molecular weight is 490 g/mol. The van der Waals surface area contributed by atoms with Gasteiger partial charge in [-0.05, 0) is 54.5 Å². The Morgan fingerprint density at radius 3 is 2.45 bits per heavy atom. The Bertz CT molecular complexity index is 1220. The molecule has 3 aromatic rings. The van der Waals surface area contributed by atoms with Crippen molar-refractivity contribution < 1.29 is 27.5 Å². The van der Waals surface area contributed by atoms with Crippen LogP contribution in [0.2, 0.25) is 0 Å². The summed E-state index contributed by atoms with van der Waals surface area (Å²) < 4.78 is 36.0. The highest BCUT2D eigenvalue weighted by molar-refractivity contribution is 7.92. The molecule has 2 aromatic carbocycles. The summed E-state index contributed by atoms with van der Waals surface area (Å²) in [7, 11) is -3.79. The topological polar surface area (TPSA) is 125 Å². The van der Waals surface area contributed by atoms with Crippen LogP contribution >= 0.6 is 11.3 Å². The van der Waals surface area contributed by atoms with E-state index in [1.165, 1.54) is 6.07 Å². The predicted octanol–water partition coefficient (Wildman–Crippen LogP) is 3.62. The number of esters is 1. The van der Waals surface area contributed by atoms with Crippen molar-refractivity contribution in [3.8, 4) is 10.9 Å². The fraction of sp³-hybridized carbons (Fsp3) is 0.273. The molecular weight excluding hydrogens is 466 g/mol. The first kappa shape index (κ1) is 24.3. The van der Waals surface area contributed by atoms with E-state index in [9.17, 15) is 18.0 Å². The van der Waals surface area contributed by atoms with Crippen molar-refractivity contribution in [2.24, 2.45) is 0 Å². The van der Waals surface area contributed by atoms with Crippen LogP contribution in [-0.2, 0) is 20.3 Å². The molecule has 1 heterocycles. The summed E-state index contributed by atoms with van der Waals surface area (Å²) in [5, 5.41) is 10.3. The zero-order valence-corrected chi connectivity index (χ0v) is 19.7. The Morgan fingerprint density at radius 1 is 1.03 bits per heavy atom. The quantitative estimate of drug-likeness (QED) is 0.428. The number of aromatic nitrogens is 2. The molecule has 33 heavy (non-hydrogen) atoms. The molecule has 0 unspecified atom stereocenters. The molecule has 0 aliphatic carbocycles. The van der Waals surface area contributed by atoms with Crippen LogP contribution in [0, 0.1) is 0 Å². The number of rotatable bonds is 10. The zero-order chi connectivity index (χ0) is 23.8. The molecule has 0 aliphatic heterocycles. The third-order valence-corrected chi connectivity index (χ3v) is 7.28. The fourth-order valence-electron chi connectivity index (χ4n) is 2.77. The van der Waals surface area contributed by atoms with E-state index in [1.807, 2.05) is 6.92 Å². The molecule has 0 fully saturated rings. The zero-order valence-electron chi connectivity index (χ0n) is 18.1. The standard InChI is InChI=1S/C22H23N3O6S2/c1-3-13-23-19(26)16-11-9-15(10-12-16)14-33(28,29)22-25-24-21(32-22)31-18-8-6-5-7-17(18)20(27)30-4-2/h5-12H,3-4,13-14H2,1-2H3,(H,23,26). The van der Waals surface area contributed by atoms with E-state index in [-0.39, 0.29) is 39.1 Å². The van der Waals surface area contributed by atoms with Crippen LogP contribution in [0.1, 0.15) is 46.5 Å². The highest BCUT2D eigenvalue weighted by Crippen LogP contribution is 2.31. The summed E-state index contributed by atoms with van der Waals surface area (Å²) in [6.07, 6.45) is 0.823. The van der Waals surface area contributed by atoms with E-state index in [0.717, 1.165) is 17.8 Å². The molecule has 0 saturated heterocycles. The Kier molecular flexibility index (Phi) is 8.12. The molecule has 0 spiro atoms. The average Bonchev–Trinajstić information content (AvgIpc) is 3.28. The summed E-state index contributed by atoms with van der Waals surface area (Å²) in [6, 6.07) is 12.8. The molecule has 0 radical (unpaired) electrons. The van der Waals surface area contributed by atoms with Crippen molar-refractivity contribution in [2.45, 2.75) is 30.4 Å². The molecular formula is C22H23N3O6S2. The fourth-order valence-corrected chi connectivity index (χ4v) is 5.03. The van der Waals surface area contributed by atoms with Crippen LogP contribution in [0.15, 0.2) is 52.9 Å². The van der Waals surface area contributed by atoms with Crippen molar-refractivity contribution >= 4 is 33.1 Å². The smallest absolute Gasteiger partial charge is 0.341 e. The number of benzene rings is 2. The number of hydrogen-bond acceptors (Lipinski definition) is 9. The van der Waals surface area contributed by atoms with Crippen molar-refractivity contribution in [3.63, 3.8) is 0 Å². The molecule has 1 amide bonds. The van der Waals surface area contributed by atoms with E-state index in [0.29, 0.717) is 17.7 Å². The number of nitrogens with one attached hydrogen (secondary N) is 1. The van der Waals surface area contributed by atoms with Crippen LogP contribution in [-0.4, -0.2) is 43.6 Å². The maximum atomic E-state index is 12.8. The first-order valence-electron chi connectivity index (χ1n) is 10.2. The Hall–Kier alpha value is -3.31. The van der Waals surface area contributed by atoms with Gasteiger partial charge >= 0.3 is 11.2 Å². The minimum atomic E-state index is -3.79. The third-order valence-electron chi connectivity index (χ3n) is 4.34. The molecule has 1 N–H and O–H groups in total. The Balaban J connectivity index is 1.71. The third kappa shape index (κ3) is 6.36. The molecule has 3 rings (SSSR count). The number of nitrogens with zero attached hydrogens (tertiary/aromatic N) is 2. The molecule has 11 heteroatoms. The molecule has 9 nitrogen and oxygen atoms in total. The van der Waals surface area contributed by atoms with E-state index in [4.69, 9.17) is 9.47 Å². The molecule has 0 atom stereocenters. The molecule has 0 saturated carbocycles. The summed E-state index contributed by atoms with van der Waals surface area (Å²) in [5.74, 6) is -0.886. The summed E-state index contributed by atoms with van der Waals surface area (Å²) in [5.41, 5.74) is 1.16. The SMILES string of the molecule is CCCNC(=O)c1ccc(CS(=O)(=O)c2nnc(Oc3ccccc3C(=O)OCC)s2)cc1. The minimum absolute atomic E-state index is 0.0201. The molecule has 174 valence electrons. The van der Waals surface area contributed by atoms with Gasteiger partial charge in [0.25, 0.3) is 5.91 Å². The van der Waals surface area contributed by atoms with Crippen LogP contribution in [0.3, 0.4) is 0 Å². The lowest BCUT2D eigenvalue weighted by Gasteiger charge is -2.07. The predicted molar refractivity (Wildman–Crippen MR) is 122 cm³/mol. The maximum absolute atomic E-state index is 12.8. The second kappa shape index (κ2) is 11.0. The minimum Gasteiger partial charge on any atom is -0.462 e. The van der Waals surface area contributed by atoms with Gasteiger partial charge in [0.15, 0.2) is 0 Å². The van der Waals surface area contributed by atoms with Crippen molar-refractivity contribution in [3.05, 3.63) is 65.2 Å². The second-order valence-electron chi connectivity index (χ2n) is 6.86. The number of carbonyl (C=O) groups excluding carboxylic acids is 2. The lowest BCUT2D eigenvalue weighted by Crippen LogP contribution is -2.23. The highest BCUT2D eigenvalue weighted by atomic mass is 32.2. The molecule has 1 aromatic heterocycles. The summed E-state index contributed by atoms with van der Waals surface area (Å²) in [4.78, 5) is 24.1. The van der Waals surface area contributed by atoms with Gasteiger partial charge < -0.3 is 14.8 Å². The van der Waals surface area contributed by atoms with Crippen molar-refractivity contribution in [1.29, 1.82) is 0 Å². The van der Waals surface area contributed by atoms with Crippen LogP contribution in [0.4, 0.5) is 0 Å². The van der Waals surface area contributed by atoms with E-state index < -0.39 is 15.8 Å². The lowest BCUT2D eigenvalue weighted by atomic mass is 10.1. The van der Waals surface area contributed by atoms with Crippen molar-refractivity contribution in [1.82, 2.24) is 15.5 Å². The van der Waals surface area contributed by atoms with Gasteiger partial charge in [-0.3, -0.25) is 4.79 Å². The summed E-state index contributed by atoms with van der Waals surface area (Å²) >= 11 is 0.756. The number of para-hydroxylation sites is 1. The van der Waals surface area contributed by atoms with Gasteiger partial charge in [0.05, 0.1) is 12.4 Å². The van der Waals surface area contributed by atoms with Gasteiger partial charge in [-0.25, -0.2) is 13.2 Å². The van der Waals surface area contributed by atoms with Crippen LogP contribution < -0.4 is 10.1 Å². The van der Waals surface area contributed by atoms with E-state index in [2.05, 4.69) is 15.5 Å². The van der Waals surface area contributed by atoms with E-state index in [1.54, 1.807) is 49.4 Å². The van der Waals surface area contributed by atoms with E-state index >= 15 is 0 Å². The highest BCUT2D eigenvalue weighted by Gasteiger charge is 2.23. The first-order valence-corrected chi connectivity index (χ1v) is 12.7. The second-order valence-corrected chi connectivity index (χ2v) is 9.97. The van der Waals surface area contributed by atoms with Crippen LogP contribution in [0.5, 0.6) is 10.9 Å². The molecule has 0 bridgehead atoms. The van der Waals surface area contributed by atoms with Gasteiger partial charge in [-0.15, -0.1) is 5.10 Å². The number of ether oxygens (including phenoxy) is 2.